The van der Waals surface area contributed by atoms with Gasteiger partial charge in [-0.1, -0.05) is 206 Å². The van der Waals surface area contributed by atoms with Gasteiger partial charge < -0.3 is 18.6 Å². The Balaban J connectivity index is 1.02. The summed E-state index contributed by atoms with van der Waals surface area (Å²) >= 11 is 1.87. The summed E-state index contributed by atoms with van der Waals surface area (Å²) in [6.07, 6.45) is 7.89. The third kappa shape index (κ3) is 7.26. The molecule has 0 bridgehead atoms. The molecule has 0 fully saturated rings. The number of rotatable bonds is 10. The van der Waals surface area contributed by atoms with Gasteiger partial charge in [0, 0.05) is 80.4 Å². The first-order chi connectivity index (χ1) is 37.4. The molecule has 0 N–H and O–H groups in total. The smallest absolute Gasteiger partial charge is 0.159 e. The van der Waals surface area contributed by atoms with Crippen molar-refractivity contribution in [2.24, 2.45) is 0 Å². The van der Waals surface area contributed by atoms with Crippen molar-refractivity contribution in [2.75, 3.05) is 9.80 Å². The largest absolute Gasteiger partial charge is 0.453 e. The molecule has 14 aromatic rings. The number of allylic oxidation sites excluding steroid dienone is 5. The molecule has 0 saturated heterocycles. The molecule has 0 atom stereocenters. The summed E-state index contributed by atoms with van der Waals surface area (Å²) in [5, 5.41) is 11.4. The van der Waals surface area contributed by atoms with Crippen LogP contribution < -0.4 is 9.80 Å². The fourth-order valence-electron chi connectivity index (χ4n) is 11.5. The summed E-state index contributed by atoms with van der Waals surface area (Å²) in [7, 11) is 0. The maximum atomic E-state index is 7.15. The average Bonchev–Trinajstić information content (AvgIpc) is 4.19. The lowest BCUT2D eigenvalue weighted by Crippen LogP contribution is -2.11. The second kappa shape index (κ2) is 18.2. The zero-order valence-electron chi connectivity index (χ0n) is 42.3. The van der Waals surface area contributed by atoms with Crippen molar-refractivity contribution in [1.29, 1.82) is 0 Å². The van der Waals surface area contributed by atoms with Crippen molar-refractivity contribution in [3.63, 3.8) is 0 Å². The third-order valence-electron chi connectivity index (χ3n) is 15.1. The van der Waals surface area contributed by atoms with Crippen LogP contribution in [0, 0.1) is 13.8 Å². The van der Waals surface area contributed by atoms with Gasteiger partial charge in [-0.2, -0.15) is 0 Å². The molecule has 0 radical (unpaired) electrons. The van der Waals surface area contributed by atoms with Gasteiger partial charge in [0.2, 0.25) is 0 Å². The van der Waals surface area contributed by atoms with Crippen molar-refractivity contribution in [3.8, 4) is 11.1 Å². The van der Waals surface area contributed by atoms with Crippen LogP contribution in [0.4, 0.5) is 34.1 Å². The number of hydrogen-bond acceptors (Lipinski definition) is 5. The first kappa shape index (κ1) is 45.2. The number of anilines is 6. The van der Waals surface area contributed by atoms with E-state index in [1.54, 1.807) is 6.08 Å². The van der Waals surface area contributed by atoms with Crippen molar-refractivity contribution in [1.82, 2.24) is 0 Å². The molecular formula is C71H50N2O2S. The molecule has 11 aromatic carbocycles. The Morgan fingerprint density at radius 2 is 0.934 bits per heavy atom. The van der Waals surface area contributed by atoms with Crippen LogP contribution in [0.3, 0.4) is 0 Å². The van der Waals surface area contributed by atoms with Crippen molar-refractivity contribution in [2.45, 2.75) is 20.8 Å². The van der Waals surface area contributed by atoms with Crippen molar-refractivity contribution in [3.05, 3.63) is 260 Å². The van der Waals surface area contributed by atoms with E-state index >= 15 is 0 Å². The summed E-state index contributed by atoms with van der Waals surface area (Å²) in [4.78, 5) is 4.83. The molecule has 5 heteroatoms. The van der Waals surface area contributed by atoms with Crippen molar-refractivity contribution < 1.29 is 8.83 Å². The number of hydrogen-bond donors (Lipinski definition) is 0. The molecule has 362 valence electrons. The standard InChI is InChI=1S/C71H50N2O2S/c1-5-6-8-19-46(4)50-26-15-28-55-57-30-17-32-61(69(57)74-67(50)55)72(48-38-34-44(2)35-39-48)63-42-60-66-54-24-13-11-22-52(54)64(43-65(66)76-71(60)59-25-14-12-23-53(59)63)73(49-40-36-45(3)37-41-49)62-33-18-31-58-56-29-16-27-51(68(56)75-70(58)62)47-20-9-7-10-21-47/h5-43H,1H2,2-4H3/b8-6-,46-19+. The van der Waals surface area contributed by atoms with E-state index < -0.39 is 0 Å². The van der Waals surface area contributed by atoms with E-state index in [9.17, 15) is 0 Å². The number of benzene rings is 11. The van der Waals surface area contributed by atoms with Crippen LogP contribution in [0.1, 0.15) is 23.6 Å². The fourth-order valence-corrected chi connectivity index (χ4v) is 12.8. The molecule has 4 nitrogen and oxygen atoms in total. The van der Waals surface area contributed by atoms with Crippen LogP contribution in [0.5, 0.6) is 0 Å². The molecule has 0 aliphatic carbocycles. The Kier molecular flexibility index (Phi) is 10.8. The Labute approximate surface area is 444 Å². The maximum absolute atomic E-state index is 7.15. The molecule has 0 spiro atoms. The van der Waals surface area contributed by atoms with E-state index in [-0.39, 0.29) is 0 Å². The van der Waals surface area contributed by atoms with Gasteiger partial charge in [0.15, 0.2) is 11.2 Å². The lowest BCUT2D eigenvalue weighted by molar-refractivity contribution is 0.668. The molecule has 0 amide bonds. The van der Waals surface area contributed by atoms with Crippen molar-refractivity contribution >= 4 is 137 Å². The lowest BCUT2D eigenvalue weighted by Gasteiger charge is -2.28. The zero-order valence-corrected chi connectivity index (χ0v) is 43.2. The summed E-state index contributed by atoms with van der Waals surface area (Å²) in [5.74, 6) is 0. The summed E-state index contributed by atoms with van der Waals surface area (Å²) in [6.45, 7) is 10.3. The monoisotopic (exact) mass is 994 g/mol. The van der Waals surface area contributed by atoms with E-state index in [4.69, 9.17) is 8.83 Å². The van der Waals surface area contributed by atoms with Gasteiger partial charge in [-0.3, -0.25) is 0 Å². The highest BCUT2D eigenvalue weighted by molar-refractivity contribution is 7.27. The van der Waals surface area contributed by atoms with Gasteiger partial charge in [0.05, 0.1) is 22.7 Å². The average molecular weight is 995 g/mol. The number of fused-ring (bicyclic) bond motifs is 13. The number of aryl methyl sites for hydroxylation is 2. The fraction of sp³-hybridized carbons (Fsp3) is 0.0423. The Hall–Kier alpha value is -9.42. The normalized spacial score (nSPS) is 12.2. The molecule has 0 aliphatic rings. The predicted molar refractivity (Wildman–Crippen MR) is 326 cm³/mol. The molecule has 3 aromatic heterocycles. The zero-order chi connectivity index (χ0) is 51.0. The van der Waals surface area contributed by atoms with E-state index in [1.165, 1.54) is 42.1 Å². The van der Waals surface area contributed by atoms with E-state index in [0.717, 1.165) is 111 Å². The maximum Gasteiger partial charge on any atom is 0.159 e. The molecule has 0 unspecified atom stereocenters. The van der Waals surface area contributed by atoms with E-state index in [2.05, 4.69) is 256 Å². The first-order valence-corrected chi connectivity index (χ1v) is 26.7. The lowest BCUT2D eigenvalue weighted by atomic mass is 9.97. The van der Waals surface area contributed by atoms with Gasteiger partial charge in [0.1, 0.15) is 11.2 Å². The van der Waals surface area contributed by atoms with Gasteiger partial charge in [-0.25, -0.2) is 0 Å². The summed E-state index contributed by atoms with van der Waals surface area (Å²) < 4.78 is 16.7. The van der Waals surface area contributed by atoms with Crippen LogP contribution in [0.15, 0.2) is 252 Å². The topological polar surface area (TPSA) is 32.8 Å². The highest BCUT2D eigenvalue weighted by Gasteiger charge is 2.27. The van der Waals surface area contributed by atoms with Gasteiger partial charge in [-0.15, -0.1) is 11.3 Å². The Bertz CT molecular complexity index is 4690. The minimum Gasteiger partial charge on any atom is -0.453 e. The molecule has 0 aliphatic heterocycles. The second-order valence-corrected chi connectivity index (χ2v) is 20.8. The Morgan fingerprint density at radius 3 is 1.57 bits per heavy atom. The van der Waals surface area contributed by atoms with Gasteiger partial charge >= 0.3 is 0 Å². The van der Waals surface area contributed by atoms with Crippen LogP contribution >= 0.6 is 11.3 Å². The van der Waals surface area contributed by atoms with Crippen LogP contribution in [0.2, 0.25) is 0 Å². The molecular weight excluding hydrogens is 945 g/mol. The highest BCUT2D eigenvalue weighted by atomic mass is 32.1. The van der Waals surface area contributed by atoms with E-state index in [1.807, 2.05) is 23.5 Å². The number of nitrogens with zero attached hydrogens (tertiary/aromatic N) is 2. The number of para-hydroxylation sites is 4. The predicted octanol–water partition coefficient (Wildman–Crippen LogP) is 21.5. The quantitative estimate of drug-likeness (QED) is 0.128. The molecule has 0 saturated carbocycles. The number of thiophene rings is 1. The molecule has 3 heterocycles. The minimum absolute atomic E-state index is 0.835. The van der Waals surface area contributed by atoms with Crippen LogP contribution in [-0.2, 0) is 0 Å². The number of furan rings is 2. The summed E-state index contributed by atoms with van der Waals surface area (Å²) in [5.41, 5.74) is 16.4. The third-order valence-corrected chi connectivity index (χ3v) is 16.3. The molecule has 76 heavy (non-hydrogen) atoms. The molecule has 14 rings (SSSR count). The minimum atomic E-state index is 0.835. The van der Waals surface area contributed by atoms with Crippen LogP contribution in [-0.4, -0.2) is 0 Å². The second-order valence-electron chi connectivity index (χ2n) is 19.8. The first-order valence-electron chi connectivity index (χ1n) is 25.9. The van der Waals surface area contributed by atoms with E-state index in [0.29, 0.717) is 0 Å². The van der Waals surface area contributed by atoms with Gasteiger partial charge in [-0.05, 0) is 85.8 Å². The Morgan fingerprint density at radius 1 is 0.434 bits per heavy atom. The van der Waals surface area contributed by atoms with Gasteiger partial charge in [0.25, 0.3) is 0 Å². The highest BCUT2D eigenvalue weighted by Crippen LogP contribution is 2.53. The van der Waals surface area contributed by atoms with Crippen LogP contribution in [0.25, 0.3) is 102 Å². The summed E-state index contributed by atoms with van der Waals surface area (Å²) in [6, 6.07) is 77.0. The SMILES string of the molecule is C=C/C=C\C=C(/C)c1cccc2c1oc1c(N(c3ccc(C)cc3)c3cc4c(sc5cc(N(c6ccc(C)cc6)c6cccc7c6oc6c(-c8ccccc8)cccc67)c6ccccc6c54)c4ccccc34)cccc12.